The van der Waals surface area contributed by atoms with Crippen molar-refractivity contribution in [2.24, 2.45) is 0 Å². The van der Waals surface area contributed by atoms with Gasteiger partial charge in [0.05, 0.1) is 15.6 Å². The lowest BCUT2D eigenvalue weighted by Gasteiger charge is -2.12. The van der Waals surface area contributed by atoms with E-state index in [0.717, 1.165) is 17.8 Å². The van der Waals surface area contributed by atoms with Gasteiger partial charge in [-0.3, -0.25) is 9.59 Å². The molecule has 0 aliphatic rings. The number of nitrogens with one attached hydrogen (secondary N) is 1. The Kier molecular flexibility index (Phi) is 5.17. The Hall–Kier alpha value is -1.08. The van der Waals surface area contributed by atoms with Crippen LogP contribution >= 0.6 is 46.6 Å². The van der Waals surface area contributed by atoms with Gasteiger partial charge in [0.25, 0.3) is 5.56 Å². The van der Waals surface area contributed by atoms with Crippen LogP contribution in [0.15, 0.2) is 38.9 Å². The first kappa shape index (κ1) is 17.3. The molecule has 0 spiro atoms. The first-order valence-corrected chi connectivity index (χ1v) is 7.60. The minimum Gasteiger partial charge on any atom is -0.319 e. The highest BCUT2D eigenvalue weighted by atomic mass is 35.5. The third kappa shape index (κ3) is 3.63. The second kappa shape index (κ2) is 6.58. The molecular formula is C13H6Cl3F2NO2S. The third-order valence-corrected chi connectivity index (χ3v) is 4.85. The molecule has 0 aliphatic carbocycles. The molecule has 116 valence electrons. The molecule has 1 aromatic heterocycles. The van der Waals surface area contributed by atoms with Gasteiger partial charge in [-0.25, -0.2) is 0 Å². The number of carbonyl (C=O) groups is 1. The van der Waals surface area contributed by atoms with Crippen LogP contribution in [0.2, 0.25) is 10.0 Å². The summed E-state index contributed by atoms with van der Waals surface area (Å²) in [6.07, 6.45) is 0.266. The maximum atomic E-state index is 13.2. The van der Waals surface area contributed by atoms with Crippen molar-refractivity contribution in [3.63, 3.8) is 0 Å². The Morgan fingerprint density at radius 3 is 2.32 bits per heavy atom. The van der Waals surface area contributed by atoms with E-state index < -0.39 is 16.6 Å². The summed E-state index contributed by atoms with van der Waals surface area (Å²) in [6.45, 7) is 0. The highest BCUT2D eigenvalue weighted by Crippen LogP contribution is 2.40. The smallest absolute Gasteiger partial charge is 0.319 e. The molecule has 0 bridgehead atoms. The van der Waals surface area contributed by atoms with Crippen LogP contribution in [-0.4, -0.2) is 11.3 Å². The van der Waals surface area contributed by atoms with E-state index >= 15 is 0 Å². The van der Waals surface area contributed by atoms with Gasteiger partial charge in [-0.05, 0) is 29.8 Å². The molecule has 0 saturated carbocycles. The van der Waals surface area contributed by atoms with Crippen LogP contribution < -0.4 is 5.56 Å². The number of hydrogen-bond donors (Lipinski definition) is 1. The molecular weight excluding hydrogens is 379 g/mol. The Labute approximate surface area is 142 Å². The molecule has 1 N–H and O–H groups in total. The Bertz CT molecular complexity index is 770. The highest BCUT2D eigenvalue weighted by molar-refractivity contribution is 7.99. The summed E-state index contributed by atoms with van der Waals surface area (Å²) >= 11 is 17.7. The van der Waals surface area contributed by atoms with Gasteiger partial charge in [0.15, 0.2) is 6.29 Å². The Balaban J connectivity index is 2.61. The molecule has 0 amide bonds. The van der Waals surface area contributed by atoms with Crippen molar-refractivity contribution in [1.29, 1.82) is 0 Å². The standard InChI is InChI=1S/C13H6Cl3F2NO2S/c14-7-2-1-3-8(15)11(7)22-9-4-10(13(16,17)18)19-12(21)6(9)5-20/h1-5H,(H,19,21). The fraction of sp³-hybridized carbons (Fsp3) is 0.0769. The first-order chi connectivity index (χ1) is 10.2. The monoisotopic (exact) mass is 383 g/mol. The molecule has 1 aromatic carbocycles. The van der Waals surface area contributed by atoms with Crippen molar-refractivity contribution in [3.05, 3.63) is 55.9 Å². The SMILES string of the molecule is O=Cc1c(Sc2c(Cl)cccc2Cl)cc(C(F)(F)Cl)[nH]c1=O. The van der Waals surface area contributed by atoms with Gasteiger partial charge < -0.3 is 4.98 Å². The van der Waals surface area contributed by atoms with Gasteiger partial charge in [-0.1, -0.05) is 41.0 Å². The van der Waals surface area contributed by atoms with Crippen molar-refractivity contribution in [2.45, 2.75) is 15.2 Å². The number of halogens is 5. The van der Waals surface area contributed by atoms with Gasteiger partial charge >= 0.3 is 5.38 Å². The van der Waals surface area contributed by atoms with E-state index in [2.05, 4.69) is 0 Å². The van der Waals surface area contributed by atoms with Crippen LogP contribution in [-0.2, 0) is 5.38 Å². The molecule has 3 nitrogen and oxygen atoms in total. The van der Waals surface area contributed by atoms with Crippen molar-refractivity contribution in [3.8, 4) is 0 Å². The van der Waals surface area contributed by atoms with Gasteiger partial charge in [-0.15, -0.1) is 0 Å². The van der Waals surface area contributed by atoms with E-state index in [1.165, 1.54) is 0 Å². The normalized spacial score (nSPS) is 11.5. The molecule has 0 unspecified atom stereocenters. The molecule has 9 heteroatoms. The second-order valence-electron chi connectivity index (χ2n) is 4.06. The third-order valence-electron chi connectivity index (χ3n) is 2.59. The zero-order chi connectivity index (χ0) is 16.5. The minimum atomic E-state index is -3.78. The van der Waals surface area contributed by atoms with Crippen LogP contribution in [0.3, 0.4) is 0 Å². The number of aldehydes is 1. The Morgan fingerprint density at radius 1 is 1.23 bits per heavy atom. The molecule has 0 radical (unpaired) electrons. The van der Waals surface area contributed by atoms with E-state index in [4.69, 9.17) is 34.8 Å². The maximum absolute atomic E-state index is 13.2. The number of hydrogen-bond acceptors (Lipinski definition) is 3. The average molecular weight is 385 g/mol. The fourth-order valence-electron chi connectivity index (χ4n) is 1.59. The number of benzene rings is 1. The number of aromatic amines is 1. The summed E-state index contributed by atoms with van der Waals surface area (Å²) in [6, 6.07) is 5.61. The van der Waals surface area contributed by atoms with E-state index in [9.17, 15) is 18.4 Å². The Morgan fingerprint density at radius 2 is 1.82 bits per heavy atom. The molecule has 22 heavy (non-hydrogen) atoms. The van der Waals surface area contributed by atoms with Crippen LogP contribution in [0.1, 0.15) is 16.1 Å². The topological polar surface area (TPSA) is 49.9 Å². The van der Waals surface area contributed by atoms with Crippen molar-refractivity contribution >= 4 is 52.9 Å². The average Bonchev–Trinajstić information content (AvgIpc) is 2.41. The summed E-state index contributed by atoms with van der Waals surface area (Å²) in [5.41, 5.74) is -2.11. The van der Waals surface area contributed by atoms with E-state index in [-0.39, 0.29) is 26.8 Å². The predicted octanol–water partition coefficient (Wildman–Crippen LogP) is 4.93. The van der Waals surface area contributed by atoms with E-state index in [1.807, 2.05) is 4.98 Å². The molecule has 0 aliphatic heterocycles. The number of carbonyl (C=O) groups excluding carboxylic acids is 1. The molecule has 2 rings (SSSR count). The van der Waals surface area contributed by atoms with Gasteiger partial charge in [-0.2, -0.15) is 8.78 Å². The van der Waals surface area contributed by atoms with Crippen LogP contribution in [0.4, 0.5) is 8.78 Å². The molecule has 0 saturated heterocycles. The first-order valence-electron chi connectivity index (χ1n) is 5.65. The molecule has 1 heterocycles. The number of alkyl halides is 3. The maximum Gasteiger partial charge on any atom is 0.362 e. The van der Waals surface area contributed by atoms with Crippen LogP contribution in [0.25, 0.3) is 0 Å². The number of aromatic nitrogens is 1. The van der Waals surface area contributed by atoms with Crippen molar-refractivity contribution in [1.82, 2.24) is 4.98 Å². The molecule has 0 fully saturated rings. The summed E-state index contributed by atoms with van der Waals surface area (Å²) in [7, 11) is 0. The van der Waals surface area contributed by atoms with E-state index in [1.54, 1.807) is 18.2 Å². The van der Waals surface area contributed by atoms with Crippen molar-refractivity contribution < 1.29 is 13.6 Å². The van der Waals surface area contributed by atoms with Crippen LogP contribution in [0, 0.1) is 0 Å². The summed E-state index contributed by atoms with van der Waals surface area (Å²) in [5.74, 6) is 0. The lowest BCUT2D eigenvalue weighted by Crippen LogP contribution is -2.20. The quantitative estimate of drug-likeness (QED) is 0.600. The summed E-state index contributed by atoms with van der Waals surface area (Å²) < 4.78 is 26.4. The lowest BCUT2D eigenvalue weighted by atomic mass is 10.2. The predicted molar refractivity (Wildman–Crippen MR) is 82.8 cm³/mol. The zero-order valence-corrected chi connectivity index (χ0v) is 13.6. The van der Waals surface area contributed by atoms with Gasteiger partial charge in [0.2, 0.25) is 0 Å². The van der Waals surface area contributed by atoms with Gasteiger partial charge in [0.1, 0.15) is 5.69 Å². The van der Waals surface area contributed by atoms with Gasteiger partial charge in [0, 0.05) is 9.79 Å². The van der Waals surface area contributed by atoms with E-state index in [0.29, 0.717) is 4.90 Å². The number of rotatable bonds is 4. The largest absolute Gasteiger partial charge is 0.362 e. The summed E-state index contributed by atoms with van der Waals surface area (Å²) in [5, 5.41) is -3.26. The molecule has 0 atom stereocenters. The van der Waals surface area contributed by atoms with Crippen molar-refractivity contribution in [2.75, 3.05) is 0 Å². The fourth-order valence-corrected chi connectivity index (χ4v) is 3.29. The lowest BCUT2D eigenvalue weighted by molar-refractivity contribution is 0.0891. The second-order valence-corrected chi connectivity index (χ2v) is 6.40. The highest BCUT2D eigenvalue weighted by Gasteiger charge is 2.30. The van der Waals surface area contributed by atoms with Crippen LogP contribution in [0.5, 0.6) is 0 Å². The zero-order valence-electron chi connectivity index (χ0n) is 10.5. The number of H-pyrrole nitrogens is 1. The minimum absolute atomic E-state index is 0.0240. The molecule has 2 aromatic rings. The summed E-state index contributed by atoms with van der Waals surface area (Å²) in [4.78, 5) is 25.0. The number of pyridine rings is 1.